The lowest BCUT2D eigenvalue weighted by atomic mass is 10.1. The number of hydrogen-bond donors (Lipinski definition) is 2. The molecule has 0 aliphatic heterocycles. The molecule has 156 valence electrons. The molecule has 0 saturated heterocycles. The van der Waals surface area contributed by atoms with Crippen molar-refractivity contribution in [2.24, 2.45) is 0 Å². The quantitative estimate of drug-likeness (QED) is 0.600. The van der Waals surface area contributed by atoms with E-state index in [4.69, 9.17) is 26.8 Å². The lowest BCUT2D eigenvalue weighted by molar-refractivity contribution is 0.0948. The fraction of sp³-hybridized carbons (Fsp3) is 0.316. The summed E-state index contributed by atoms with van der Waals surface area (Å²) in [5, 5.41) is 3.16. The Kier molecular flexibility index (Phi) is 11.7. The molecular formula is C19H26Cl3N3O3. The number of likely N-dealkylation sites (N-methyl/N-ethyl adjacent to an activating group) is 1. The molecule has 6 nitrogen and oxygen atoms in total. The third-order valence-electron chi connectivity index (χ3n) is 3.75. The largest absolute Gasteiger partial charge is 0.496 e. The fourth-order valence-electron chi connectivity index (χ4n) is 2.24. The third kappa shape index (κ3) is 7.64. The molecule has 0 aliphatic rings. The van der Waals surface area contributed by atoms with Gasteiger partial charge in [0.05, 0.1) is 23.4 Å². The van der Waals surface area contributed by atoms with E-state index in [2.05, 4.69) is 10.2 Å². The number of nitrogens with zero attached hydrogens (tertiary/aromatic N) is 1. The number of carbonyl (C=O) groups excluding carboxylic acids is 1. The topological polar surface area (TPSA) is 76.8 Å². The van der Waals surface area contributed by atoms with E-state index in [9.17, 15) is 4.79 Å². The van der Waals surface area contributed by atoms with Crippen LogP contribution in [0.1, 0.15) is 15.9 Å². The van der Waals surface area contributed by atoms with Crippen LogP contribution >= 0.6 is 36.4 Å². The van der Waals surface area contributed by atoms with Crippen LogP contribution in [0.5, 0.6) is 11.5 Å². The van der Waals surface area contributed by atoms with Crippen molar-refractivity contribution in [1.29, 1.82) is 0 Å². The van der Waals surface area contributed by atoms with Gasteiger partial charge in [-0.15, -0.1) is 24.8 Å². The monoisotopic (exact) mass is 449 g/mol. The Hall–Kier alpha value is -1.86. The van der Waals surface area contributed by atoms with Gasteiger partial charge in [0.2, 0.25) is 0 Å². The predicted octanol–water partition coefficient (Wildman–Crippen LogP) is 3.64. The van der Waals surface area contributed by atoms with E-state index in [1.165, 1.54) is 19.2 Å². The van der Waals surface area contributed by atoms with E-state index in [0.29, 0.717) is 35.2 Å². The highest BCUT2D eigenvalue weighted by Crippen LogP contribution is 2.28. The average Bonchev–Trinajstić information content (AvgIpc) is 2.62. The minimum Gasteiger partial charge on any atom is -0.496 e. The molecule has 0 bridgehead atoms. The first-order chi connectivity index (χ1) is 12.4. The number of rotatable bonds is 8. The molecule has 2 rings (SSSR count). The molecular weight excluding hydrogens is 425 g/mol. The van der Waals surface area contributed by atoms with Crippen LogP contribution in [0.2, 0.25) is 5.02 Å². The van der Waals surface area contributed by atoms with Crippen LogP contribution < -0.4 is 20.5 Å². The van der Waals surface area contributed by atoms with Crippen molar-refractivity contribution in [2.75, 3.05) is 40.1 Å². The Morgan fingerprint density at radius 3 is 2.39 bits per heavy atom. The van der Waals surface area contributed by atoms with Gasteiger partial charge in [-0.2, -0.15) is 0 Å². The Bertz CT molecular complexity index is 756. The zero-order valence-electron chi connectivity index (χ0n) is 16.0. The third-order valence-corrected chi connectivity index (χ3v) is 4.07. The van der Waals surface area contributed by atoms with Crippen molar-refractivity contribution in [3.8, 4) is 11.5 Å². The van der Waals surface area contributed by atoms with Crippen molar-refractivity contribution in [1.82, 2.24) is 10.2 Å². The number of halogens is 3. The van der Waals surface area contributed by atoms with E-state index < -0.39 is 0 Å². The summed E-state index contributed by atoms with van der Waals surface area (Å²) in [6.45, 7) is 1.85. The highest BCUT2D eigenvalue weighted by Gasteiger charge is 2.14. The molecule has 9 heteroatoms. The van der Waals surface area contributed by atoms with Gasteiger partial charge in [-0.25, -0.2) is 0 Å². The van der Waals surface area contributed by atoms with Crippen LogP contribution in [-0.2, 0) is 6.54 Å². The van der Waals surface area contributed by atoms with Crippen LogP contribution in [0, 0.1) is 0 Å². The van der Waals surface area contributed by atoms with Crippen molar-refractivity contribution in [2.45, 2.75) is 6.54 Å². The summed E-state index contributed by atoms with van der Waals surface area (Å²) in [6, 6.07) is 10.6. The average molecular weight is 451 g/mol. The Balaban J connectivity index is 0.00000364. The van der Waals surface area contributed by atoms with E-state index in [0.717, 1.165) is 17.9 Å². The van der Waals surface area contributed by atoms with Gasteiger partial charge in [0.15, 0.2) is 0 Å². The van der Waals surface area contributed by atoms with E-state index in [1.807, 2.05) is 38.4 Å². The number of nitrogen functional groups attached to an aromatic ring is 1. The molecule has 0 fully saturated rings. The molecule has 3 N–H and O–H groups in total. The van der Waals surface area contributed by atoms with Gasteiger partial charge in [0.1, 0.15) is 18.1 Å². The number of hydrogen-bond acceptors (Lipinski definition) is 5. The van der Waals surface area contributed by atoms with Crippen LogP contribution in [0.25, 0.3) is 0 Å². The van der Waals surface area contributed by atoms with Crippen molar-refractivity contribution < 1.29 is 14.3 Å². The van der Waals surface area contributed by atoms with Gasteiger partial charge >= 0.3 is 0 Å². The van der Waals surface area contributed by atoms with Gasteiger partial charge in [-0.05, 0) is 37.9 Å². The summed E-state index contributed by atoms with van der Waals surface area (Å²) < 4.78 is 10.9. The van der Waals surface area contributed by atoms with Crippen LogP contribution in [0.15, 0.2) is 36.4 Å². The van der Waals surface area contributed by atoms with E-state index in [1.54, 1.807) is 0 Å². The molecule has 1 amide bonds. The summed E-state index contributed by atoms with van der Waals surface area (Å²) in [5.41, 5.74) is 7.40. The predicted molar refractivity (Wildman–Crippen MR) is 119 cm³/mol. The molecule has 0 aromatic heterocycles. The zero-order valence-corrected chi connectivity index (χ0v) is 18.4. The maximum Gasteiger partial charge on any atom is 0.255 e. The van der Waals surface area contributed by atoms with Gasteiger partial charge in [-0.1, -0.05) is 23.7 Å². The lowest BCUT2D eigenvalue weighted by Crippen LogP contribution is -2.23. The summed E-state index contributed by atoms with van der Waals surface area (Å²) in [7, 11) is 5.48. The van der Waals surface area contributed by atoms with Crippen molar-refractivity contribution in [3.05, 3.63) is 52.5 Å². The van der Waals surface area contributed by atoms with E-state index >= 15 is 0 Å². The normalized spacial score (nSPS) is 9.89. The second-order valence-electron chi connectivity index (χ2n) is 6.05. The molecule has 0 aliphatic carbocycles. The van der Waals surface area contributed by atoms with E-state index in [-0.39, 0.29) is 30.7 Å². The van der Waals surface area contributed by atoms with Crippen LogP contribution in [-0.4, -0.2) is 45.2 Å². The summed E-state index contributed by atoms with van der Waals surface area (Å²) in [6.07, 6.45) is 0. The minimum atomic E-state index is -0.282. The summed E-state index contributed by atoms with van der Waals surface area (Å²) >= 11 is 6.01. The van der Waals surface area contributed by atoms with Gasteiger partial charge in [-0.3, -0.25) is 4.79 Å². The van der Waals surface area contributed by atoms with Gasteiger partial charge in [0, 0.05) is 19.2 Å². The molecule has 0 radical (unpaired) electrons. The molecule has 2 aromatic rings. The molecule has 0 atom stereocenters. The van der Waals surface area contributed by atoms with Crippen molar-refractivity contribution in [3.63, 3.8) is 0 Å². The maximum absolute atomic E-state index is 12.4. The number of ether oxygens (including phenoxy) is 2. The summed E-state index contributed by atoms with van der Waals surface area (Å²) in [4.78, 5) is 14.5. The molecule has 0 unspecified atom stereocenters. The standard InChI is InChI=1S/C19H24ClN3O3.2ClH/c1-23(2)8-9-26-14-6-4-13(5-7-14)12-22-19(24)15-10-16(20)17(21)11-18(15)25-3;;/h4-7,10-11H,8-9,12,21H2,1-3H3,(H,22,24);2*1H. The Labute approximate surface area is 183 Å². The highest BCUT2D eigenvalue weighted by molar-refractivity contribution is 6.33. The van der Waals surface area contributed by atoms with Gasteiger partial charge < -0.3 is 25.4 Å². The number of carbonyl (C=O) groups is 1. The van der Waals surface area contributed by atoms with Crippen molar-refractivity contribution >= 4 is 48.0 Å². The van der Waals surface area contributed by atoms with Gasteiger partial charge in [0.25, 0.3) is 5.91 Å². The highest BCUT2D eigenvalue weighted by atomic mass is 35.5. The molecule has 0 saturated carbocycles. The number of methoxy groups -OCH3 is 1. The van der Waals surface area contributed by atoms with Crippen LogP contribution in [0.4, 0.5) is 5.69 Å². The molecule has 28 heavy (non-hydrogen) atoms. The second kappa shape index (κ2) is 12.6. The number of anilines is 1. The molecule has 2 aromatic carbocycles. The molecule has 0 spiro atoms. The second-order valence-corrected chi connectivity index (χ2v) is 6.46. The zero-order chi connectivity index (χ0) is 19.1. The number of benzene rings is 2. The maximum atomic E-state index is 12.4. The fourth-order valence-corrected chi connectivity index (χ4v) is 2.41. The first kappa shape index (κ1) is 26.1. The first-order valence-corrected chi connectivity index (χ1v) is 8.56. The van der Waals surface area contributed by atoms with Crippen LogP contribution in [0.3, 0.4) is 0 Å². The first-order valence-electron chi connectivity index (χ1n) is 8.18. The number of nitrogens with two attached hydrogens (primary N) is 1. The number of amides is 1. The Morgan fingerprint density at radius 2 is 1.82 bits per heavy atom. The Morgan fingerprint density at radius 1 is 1.18 bits per heavy atom. The smallest absolute Gasteiger partial charge is 0.255 e. The number of nitrogens with one attached hydrogen (secondary N) is 1. The summed E-state index contributed by atoms with van der Waals surface area (Å²) in [5.74, 6) is 0.901. The SMILES string of the molecule is COc1cc(N)c(Cl)cc1C(=O)NCc1ccc(OCCN(C)C)cc1.Cl.Cl. The lowest BCUT2D eigenvalue weighted by Gasteiger charge is -2.12. The minimum absolute atomic E-state index is 0. The molecule has 0 heterocycles.